The molecular formula is C15H18N2O2S. The van der Waals surface area contributed by atoms with E-state index in [4.69, 9.17) is 5.11 Å². The van der Waals surface area contributed by atoms with Gasteiger partial charge in [0.05, 0.1) is 5.75 Å². The number of hydrogen-bond acceptors (Lipinski definition) is 3. The molecule has 0 bridgehead atoms. The topological polar surface area (TPSA) is 55.1 Å². The maximum absolute atomic E-state index is 10.7. The molecule has 4 nitrogen and oxygen atoms in total. The van der Waals surface area contributed by atoms with E-state index in [-0.39, 0.29) is 5.75 Å². The number of carbonyl (C=O) groups is 1. The summed E-state index contributed by atoms with van der Waals surface area (Å²) >= 11 is 1.27. The molecule has 0 spiro atoms. The number of carboxylic acid groups (broad SMARTS) is 1. The highest BCUT2D eigenvalue weighted by Crippen LogP contribution is 2.23. The third-order valence-corrected chi connectivity index (χ3v) is 4.14. The number of rotatable bonds is 6. The van der Waals surface area contributed by atoms with Crippen molar-refractivity contribution in [2.75, 3.05) is 5.75 Å². The standard InChI is InChI=1S/C15H18N2O2S/c1-11(13-6-4-3-5-7-13)9-17-12(2)8-16-15(17)20-10-14(18)19/h3-8,11H,9-10H2,1-2H3,(H,18,19). The van der Waals surface area contributed by atoms with Crippen LogP contribution in [0.5, 0.6) is 0 Å². The van der Waals surface area contributed by atoms with Crippen LogP contribution in [0, 0.1) is 6.92 Å². The molecule has 2 rings (SSSR count). The Morgan fingerprint density at radius 1 is 1.40 bits per heavy atom. The maximum Gasteiger partial charge on any atom is 0.313 e. The molecule has 106 valence electrons. The van der Waals surface area contributed by atoms with Gasteiger partial charge in [0.15, 0.2) is 5.16 Å². The van der Waals surface area contributed by atoms with Crippen LogP contribution in [-0.4, -0.2) is 26.4 Å². The van der Waals surface area contributed by atoms with Crippen LogP contribution < -0.4 is 0 Å². The highest BCUT2D eigenvalue weighted by molar-refractivity contribution is 7.99. The molecule has 0 saturated heterocycles. The fourth-order valence-electron chi connectivity index (χ4n) is 2.06. The van der Waals surface area contributed by atoms with Gasteiger partial charge in [-0.15, -0.1) is 0 Å². The van der Waals surface area contributed by atoms with Crippen LogP contribution in [0.3, 0.4) is 0 Å². The average Bonchev–Trinajstić information content (AvgIpc) is 2.78. The van der Waals surface area contributed by atoms with Gasteiger partial charge in [0.25, 0.3) is 0 Å². The normalized spacial score (nSPS) is 12.3. The smallest absolute Gasteiger partial charge is 0.313 e. The number of aliphatic carboxylic acids is 1. The summed E-state index contributed by atoms with van der Waals surface area (Å²) in [6.45, 7) is 4.97. The zero-order valence-electron chi connectivity index (χ0n) is 11.6. The van der Waals surface area contributed by atoms with Crippen molar-refractivity contribution in [1.29, 1.82) is 0 Å². The highest BCUT2D eigenvalue weighted by Gasteiger charge is 2.13. The van der Waals surface area contributed by atoms with Crippen LogP contribution in [0.2, 0.25) is 0 Å². The fraction of sp³-hybridized carbons (Fsp3) is 0.333. The summed E-state index contributed by atoms with van der Waals surface area (Å²) in [5, 5.41) is 9.55. The van der Waals surface area contributed by atoms with E-state index >= 15 is 0 Å². The van der Waals surface area contributed by atoms with E-state index in [2.05, 4.69) is 28.6 Å². The minimum Gasteiger partial charge on any atom is -0.481 e. The van der Waals surface area contributed by atoms with Gasteiger partial charge in [-0.1, -0.05) is 49.0 Å². The van der Waals surface area contributed by atoms with E-state index in [1.807, 2.05) is 25.1 Å². The number of nitrogens with zero attached hydrogens (tertiary/aromatic N) is 2. The Labute approximate surface area is 122 Å². The Morgan fingerprint density at radius 3 is 2.75 bits per heavy atom. The van der Waals surface area contributed by atoms with Gasteiger partial charge >= 0.3 is 5.97 Å². The highest BCUT2D eigenvalue weighted by atomic mass is 32.2. The van der Waals surface area contributed by atoms with Crippen LogP contribution in [0.15, 0.2) is 41.7 Å². The summed E-state index contributed by atoms with van der Waals surface area (Å²) in [7, 11) is 0. The number of aryl methyl sites for hydroxylation is 1. The molecule has 1 aromatic carbocycles. The van der Waals surface area contributed by atoms with E-state index in [0.29, 0.717) is 5.92 Å². The Balaban J connectivity index is 2.12. The van der Waals surface area contributed by atoms with E-state index in [1.54, 1.807) is 6.20 Å². The van der Waals surface area contributed by atoms with Gasteiger partial charge in [-0.25, -0.2) is 4.98 Å². The average molecular weight is 290 g/mol. The Hall–Kier alpha value is -1.75. The molecule has 2 aromatic rings. The molecule has 1 unspecified atom stereocenters. The number of carboxylic acids is 1. The molecule has 0 fully saturated rings. The lowest BCUT2D eigenvalue weighted by atomic mass is 10.0. The van der Waals surface area contributed by atoms with E-state index in [0.717, 1.165) is 17.4 Å². The molecule has 0 aliphatic carbocycles. The first-order valence-corrected chi connectivity index (χ1v) is 7.48. The molecule has 5 heteroatoms. The molecule has 1 heterocycles. The number of hydrogen-bond donors (Lipinski definition) is 1. The quantitative estimate of drug-likeness (QED) is 0.830. The molecule has 0 radical (unpaired) electrons. The molecule has 0 aliphatic rings. The van der Waals surface area contributed by atoms with E-state index in [9.17, 15) is 4.79 Å². The third kappa shape index (κ3) is 3.63. The van der Waals surface area contributed by atoms with Crippen molar-refractivity contribution in [1.82, 2.24) is 9.55 Å². The molecule has 1 atom stereocenters. The molecule has 0 aliphatic heterocycles. The molecule has 1 aromatic heterocycles. The fourth-order valence-corrected chi connectivity index (χ4v) is 2.82. The second kappa shape index (κ2) is 6.61. The van der Waals surface area contributed by atoms with E-state index in [1.165, 1.54) is 17.3 Å². The molecule has 1 N–H and O–H groups in total. The Morgan fingerprint density at radius 2 is 2.10 bits per heavy atom. The lowest BCUT2D eigenvalue weighted by molar-refractivity contribution is -0.133. The predicted molar refractivity (Wildman–Crippen MR) is 80.2 cm³/mol. The molecule has 0 amide bonds. The first-order chi connectivity index (χ1) is 9.58. The SMILES string of the molecule is Cc1cnc(SCC(=O)O)n1CC(C)c1ccccc1. The van der Waals surface area contributed by atoms with Crippen molar-refractivity contribution in [3.05, 3.63) is 47.8 Å². The minimum absolute atomic E-state index is 0.0379. The van der Waals surface area contributed by atoms with Crippen LogP contribution >= 0.6 is 11.8 Å². The summed E-state index contributed by atoms with van der Waals surface area (Å²) in [6, 6.07) is 10.3. The molecular weight excluding hydrogens is 272 g/mol. The van der Waals surface area contributed by atoms with E-state index < -0.39 is 5.97 Å². The number of thioether (sulfide) groups is 1. The van der Waals surface area contributed by atoms with Gasteiger partial charge < -0.3 is 9.67 Å². The summed E-state index contributed by atoms with van der Waals surface area (Å²) in [4.78, 5) is 15.0. The van der Waals surface area contributed by atoms with Gasteiger partial charge in [-0.05, 0) is 18.4 Å². The van der Waals surface area contributed by atoms with Gasteiger partial charge in [0, 0.05) is 18.4 Å². The second-order valence-corrected chi connectivity index (χ2v) is 5.73. The summed E-state index contributed by atoms with van der Waals surface area (Å²) in [5.41, 5.74) is 2.33. The van der Waals surface area contributed by atoms with Crippen LogP contribution in [0.25, 0.3) is 0 Å². The Kier molecular flexibility index (Phi) is 4.84. The largest absolute Gasteiger partial charge is 0.481 e. The second-order valence-electron chi connectivity index (χ2n) is 4.79. The number of aromatic nitrogens is 2. The monoisotopic (exact) mass is 290 g/mol. The van der Waals surface area contributed by atoms with Gasteiger partial charge in [-0.3, -0.25) is 4.79 Å². The number of benzene rings is 1. The molecule has 20 heavy (non-hydrogen) atoms. The molecule has 0 saturated carbocycles. The third-order valence-electron chi connectivity index (χ3n) is 3.17. The van der Waals surface area contributed by atoms with Crippen LogP contribution in [0.1, 0.15) is 24.1 Å². The van der Waals surface area contributed by atoms with Crippen LogP contribution in [-0.2, 0) is 11.3 Å². The predicted octanol–water partition coefficient (Wildman–Crippen LogP) is 3.17. The van der Waals surface area contributed by atoms with Crippen LogP contribution in [0.4, 0.5) is 0 Å². The summed E-state index contributed by atoms with van der Waals surface area (Å²) < 4.78 is 2.09. The van der Waals surface area contributed by atoms with Crippen molar-refractivity contribution in [2.24, 2.45) is 0 Å². The maximum atomic E-state index is 10.7. The lowest BCUT2D eigenvalue weighted by Gasteiger charge is -2.16. The zero-order valence-corrected chi connectivity index (χ0v) is 12.4. The van der Waals surface area contributed by atoms with Crippen molar-refractivity contribution >= 4 is 17.7 Å². The first kappa shape index (κ1) is 14.7. The van der Waals surface area contributed by atoms with Crippen molar-refractivity contribution < 1.29 is 9.90 Å². The number of imidazole rings is 1. The summed E-state index contributed by atoms with van der Waals surface area (Å²) in [5.74, 6) is -0.428. The van der Waals surface area contributed by atoms with Gasteiger partial charge in [0.2, 0.25) is 0 Å². The van der Waals surface area contributed by atoms with Crippen molar-refractivity contribution in [3.63, 3.8) is 0 Å². The minimum atomic E-state index is -0.821. The zero-order chi connectivity index (χ0) is 14.5. The van der Waals surface area contributed by atoms with Gasteiger partial charge in [0.1, 0.15) is 0 Å². The van der Waals surface area contributed by atoms with Crippen molar-refractivity contribution in [3.8, 4) is 0 Å². The van der Waals surface area contributed by atoms with Crippen molar-refractivity contribution in [2.45, 2.75) is 31.5 Å². The lowest BCUT2D eigenvalue weighted by Crippen LogP contribution is -2.10. The Bertz CT molecular complexity index is 581. The first-order valence-electron chi connectivity index (χ1n) is 6.49. The summed E-state index contributed by atoms with van der Waals surface area (Å²) in [6.07, 6.45) is 1.79. The van der Waals surface area contributed by atoms with Gasteiger partial charge in [-0.2, -0.15) is 0 Å².